The molecule has 1 amide bonds. The number of aromatic nitrogens is 2. The summed E-state index contributed by atoms with van der Waals surface area (Å²) >= 11 is 0. The molecule has 4 atom stereocenters. The average molecular weight is 337 g/mol. The van der Waals surface area contributed by atoms with Crippen LogP contribution >= 0.6 is 0 Å². The third-order valence-electron chi connectivity index (χ3n) is 6.25. The van der Waals surface area contributed by atoms with Crippen molar-refractivity contribution >= 4 is 17.6 Å². The first-order valence-electron chi connectivity index (χ1n) is 8.82. The molecule has 25 heavy (non-hydrogen) atoms. The van der Waals surface area contributed by atoms with Crippen LogP contribution in [0.15, 0.2) is 36.5 Å². The number of benzene rings is 1. The number of anilines is 1. The van der Waals surface area contributed by atoms with Gasteiger partial charge in [0, 0.05) is 12.1 Å². The van der Waals surface area contributed by atoms with E-state index in [-0.39, 0.29) is 17.5 Å². The van der Waals surface area contributed by atoms with Gasteiger partial charge in [-0.2, -0.15) is 5.10 Å². The summed E-state index contributed by atoms with van der Waals surface area (Å²) in [6, 6.07) is 8.81. The SMILES string of the molecule is O=C(O)c1ccn(-c2ccccc2NC(=O)C2C3C4CCC(C4)C23)n1. The predicted octanol–water partition coefficient (Wildman–Crippen LogP) is 2.80. The first-order chi connectivity index (χ1) is 12.1. The van der Waals surface area contributed by atoms with Crippen molar-refractivity contribution in [3.63, 3.8) is 0 Å². The zero-order valence-corrected chi connectivity index (χ0v) is 13.6. The van der Waals surface area contributed by atoms with Gasteiger partial charge in [-0.15, -0.1) is 0 Å². The summed E-state index contributed by atoms with van der Waals surface area (Å²) in [5.74, 6) is 1.89. The molecule has 6 nitrogen and oxygen atoms in total. The van der Waals surface area contributed by atoms with Crippen LogP contribution in [0.4, 0.5) is 5.69 Å². The van der Waals surface area contributed by atoms with E-state index < -0.39 is 5.97 Å². The normalized spacial score (nSPS) is 31.6. The van der Waals surface area contributed by atoms with E-state index in [1.54, 1.807) is 6.20 Å². The maximum Gasteiger partial charge on any atom is 0.356 e. The Labute approximate surface area is 144 Å². The van der Waals surface area contributed by atoms with Gasteiger partial charge in [0.1, 0.15) is 0 Å². The lowest BCUT2D eigenvalue weighted by Crippen LogP contribution is -2.19. The van der Waals surface area contributed by atoms with Crippen molar-refractivity contribution in [3.05, 3.63) is 42.2 Å². The zero-order valence-electron chi connectivity index (χ0n) is 13.6. The highest BCUT2D eigenvalue weighted by molar-refractivity contribution is 5.96. The summed E-state index contributed by atoms with van der Waals surface area (Å²) < 4.78 is 1.50. The quantitative estimate of drug-likeness (QED) is 0.898. The van der Waals surface area contributed by atoms with E-state index in [0.29, 0.717) is 23.2 Å². The second-order valence-electron chi connectivity index (χ2n) is 7.47. The number of amides is 1. The Morgan fingerprint density at radius 3 is 2.52 bits per heavy atom. The molecule has 4 unspecified atom stereocenters. The molecule has 0 saturated heterocycles. The summed E-state index contributed by atoms with van der Waals surface area (Å²) in [4.78, 5) is 23.8. The van der Waals surface area contributed by atoms with E-state index in [9.17, 15) is 9.59 Å². The number of nitrogens with one attached hydrogen (secondary N) is 1. The van der Waals surface area contributed by atoms with Crippen molar-refractivity contribution in [3.8, 4) is 5.69 Å². The van der Waals surface area contributed by atoms with Crippen molar-refractivity contribution < 1.29 is 14.7 Å². The molecular weight excluding hydrogens is 318 g/mol. The molecule has 128 valence electrons. The lowest BCUT2D eigenvalue weighted by Gasteiger charge is -2.13. The number of carboxylic acids is 1. The molecule has 2 N–H and O–H groups in total. The largest absolute Gasteiger partial charge is 0.476 e. The third-order valence-corrected chi connectivity index (χ3v) is 6.25. The minimum Gasteiger partial charge on any atom is -0.476 e. The van der Waals surface area contributed by atoms with E-state index in [1.807, 2.05) is 24.3 Å². The van der Waals surface area contributed by atoms with Gasteiger partial charge >= 0.3 is 5.97 Å². The number of rotatable bonds is 4. The van der Waals surface area contributed by atoms with Crippen LogP contribution in [0.5, 0.6) is 0 Å². The average Bonchev–Trinajstić information content (AvgIpc) is 2.98. The molecule has 1 heterocycles. The van der Waals surface area contributed by atoms with Gasteiger partial charge in [-0.1, -0.05) is 12.1 Å². The molecule has 5 rings (SSSR count). The molecule has 0 aliphatic heterocycles. The molecule has 0 spiro atoms. The van der Waals surface area contributed by atoms with Crippen LogP contribution in [0, 0.1) is 29.6 Å². The highest BCUT2D eigenvalue weighted by atomic mass is 16.4. The first-order valence-corrected chi connectivity index (χ1v) is 8.82. The van der Waals surface area contributed by atoms with Crippen LogP contribution < -0.4 is 5.32 Å². The molecule has 2 bridgehead atoms. The zero-order chi connectivity index (χ0) is 17.1. The van der Waals surface area contributed by atoms with Crippen LogP contribution in [-0.4, -0.2) is 26.8 Å². The van der Waals surface area contributed by atoms with E-state index in [2.05, 4.69) is 10.4 Å². The van der Waals surface area contributed by atoms with Crippen molar-refractivity contribution in [2.45, 2.75) is 19.3 Å². The van der Waals surface area contributed by atoms with E-state index >= 15 is 0 Å². The molecule has 2 aromatic rings. The Kier molecular flexibility index (Phi) is 3.04. The van der Waals surface area contributed by atoms with E-state index in [4.69, 9.17) is 5.11 Å². The maximum atomic E-state index is 12.8. The fraction of sp³-hybridized carbons (Fsp3) is 0.421. The van der Waals surface area contributed by atoms with Crippen molar-refractivity contribution in [1.82, 2.24) is 9.78 Å². The van der Waals surface area contributed by atoms with Crippen LogP contribution in [0.1, 0.15) is 29.8 Å². The molecule has 1 aromatic carbocycles. The Hall–Kier alpha value is -2.63. The smallest absolute Gasteiger partial charge is 0.356 e. The molecule has 0 radical (unpaired) electrons. The Bertz CT molecular complexity index is 858. The number of carbonyl (C=O) groups is 2. The van der Waals surface area contributed by atoms with Gasteiger partial charge in [0.25, 0.3) is 0 Å². The fourth-order valence-electron chi connectivity index (χ4n) is 5.24. The highest BCUT2D eigenvalue weighted by Crippen LogP contribution is 2.69. The molecule has 3 saturated carbocycles. The number of para-hydroxylation sites is 2. The number of fused-ring (bicyclic) bond motifs is 5. The second kappa shape index (κ2) is 5.18. The molecule has 3 aliphatic carbocycles. The minimum absolute atomic E-state index is 0.0190. The molecular formula is C19H19N3O3. The molecule has 1 aromatic heterocycles. The third kappa shape index (κ3) is 2.20. The maximum absolute atomic E-state index is 12.8. The number of hydrogen-bond donors (Lipinski definition) is 2. The molecule has 3 aliphatic rings. The monoisotopic (exact) mass is 337 g/mol. The molecule has 6 heteroatoms. The van der Waals surface area contributed by atoms with Gasteiger partial charge in [0.15, 0.2) is 5.69 Å². The Morgan fingerprint density at radius 2 is 1.84 bits per heavy atom. The van der Waals surface area contributed by atoms with E-state index in [0.717, 1.165) is 11.8 Å². The van der Waals surface area contributed by atoms with Gasteiger partial charge < -0.3 is 10.4 Å². The van der Waals surface area contributed by atoms with Gasteiger partial charge in [-0.3, -0.25) is 4.79 Å². The number of hydrogen-bond acceptors (Lipinski definition) is 3. The van der Waals surface area contributed by atoms with Crippen LogP contribution in [-0.2, 0) is 4.79 Å². The summed E-state index contributed by atoms with van der Waals surface area (Å²) in [6.45, 7) is 0. The Balaban J connectivity index is 1.38. The number of aromatic carboxylic acids is 1. The summed E-state index contributed by atoms with van der Waals surface area (Å²) in [6.07, 6.45) is 5.50. The number of carbonyl (C=O) groups excluding carboxylic acids is 1. The van der Waals surface area contributed by atoms with Crippen LogP contribution in [0.2, 0.25) is 0 Å². The van der Waals surface area contributed by atoms with Crippen LogP contribution in [0.25, 0.3) is 5.69 Å². The minimum atomic E-state index is -1.07. The summed E-state index contributed by atoms with van der Waals surface area (Å²) in [7, 11) is 0. The lowest BCUT2D eigenvalue weighted by molar-refractivity contribution is -0.118. The number of nitrogens with zero attached hydrogens (tertiary/aromatic N) is 2. The van der Waals surface area contributed by atoms with Crippen LogP contribution in [0.3, 0.4) is 0 Å². The summed E-state index contributed by atoms with van der Waals surface area (Å²) in [5, 5.41) is 16.2. The van der Waals surface area contributed by atoms with E-state index in [1.165, 1.54) is 30.0 Å². The Morgan fingerprint density at radius 1 is 1.12 bits per heavy atom. The van der Waals surface area contributed by atoms with Gasteiger partial charge in [0.05, 0.1) is 11.4 Å². The summed E-state index contributed by atoms with van der Waals surface area (Å²) in [5.41, 5.74) is 1.33. The van der Waals surface area contributed by atoms with Crippen molar-refractivity contribution in [2.24, 2.45) is 29.6 Å². The van der Waals surface area contributed by atoms with Crippen molar-refractivity contribution in [2.75, 3.05) is 5.32 Å². The second-order valence-corrected chi connectivity index (χ2v) is 7.47. The predicted molar refractivity (Wildman–Crippen MR) is 90.5 cm³/mol. The van der Waals surface area contributed by atoms with Gasteiger partial charge in [0.2, 0.25) is 5.91 Å². The van der Waals surface area contributed by atoms with Crippen molar-refractivity contribution in [1.29, 1.82) is 0 Å². The standard InChI is InChI=1S/C19H19N3O3/c23-18(17-15-10-5-6-11(9-10)16(15)17)20-12-3-1-2-4-14(12)22-8-7-13(21-22)19(24)25/h1-4,7-8,10-11,15-17H,5-6,9H2,(H,20,23)(H,24,25). The van der Waals surface area contributed by atoms with Gasteiger partial charge in [-0.25, -0.2) is 9.48 Å². The first kappa shape index (κ1) is 14.7. The lowest BCUT2D eigenvalue weighted by atomic mass is 10.0. The highest BCUT2D eigenvalue weighted by Gasteiger charge is 2.67. The topological polar surface area (TPSA) is 84.2 Å². The number of carboxylic acid groups (broad SMARTS) is 1. The van der Waals surface area contributed by atoms with Gasteiger partial charge in [-0.05, 0) is 61.1 Å². The molecule has 3 fully saturated rings. The fourth-order valence-corrected chi connectivity index (χ4v) is 5.24.